The van der Waals surface area contributed by atoms with Crippen LogP contribution < -0.4 is 14.4 Å². The molecular formula is C21H19FN4O3. The maximum Gasteiger partial charge on any atom is 0.254 e. The molecule has 1 saturated heterocycles. The lowest BCUT2D eigenvalue weighted by Gasteiger charge is -2.36. The highest BCUT2D eigenvalue weighted by atomic mass is 19.1. The molecule has 0 unspecified atom stereocenters. The summed E-state index contributed by atoms with van der Waals surface area (Å²) >= 11 is 0. The van der Waals surface area contributed by atoms with Gasteiger partial charge in [0.25, 0.3) is 5.91 Å². The fourth-order valence-electron chi connectivity index (χ4n) is 3.76. The van der Waals surface area contributed by atoms with Gasteiger partial charge in [0.1, 0.15) is 31.2 Å². The van der Waals surface area contributed by atoms with Gasteiger partial charge in [0.2, 0.25) is 0 Å². The molecule has 1 aromatic heterocycles. The van der Waals surface area contributed by atoms with Crippen LogP contribution in [0.25, 0.3) is 10.9 Å². The third kappa shape index (κ3) is 3.30. The van der Waals surface area contributed by atoms with Crippen LogP contribution in [0.5, 0.6) is 11.5 Å². The second-order valence-electron chi connectivity index (χ2n) is 7.00. The van der Waals surface area contributed by atoms with E-state index in [1.54, 1.807) is 17.0 Å². The predicted molar refractivity (Wildman–Crippen MR) is 105 cm³/mol. The Labute approximate surface area is 166 Å². The number of piperazine rings is 1. The van der Waals surface area contributed by atoms with Gasteiger partial charge in [-0.2, -0.15) is 0 Å². The van der Waals surface area contributed by atoms with E-state index >= 15 is 0 Å². The molecule has 2 aliphatic rings. The Morgan fingerprint density at radius 1 is 0.966 bits per heavy atom. The van der Waals surface area contributed by atoms with Gasteiger partial charge >= 0.3 is 0 Å². The van der Waals surface area contributed by atoms with Crippen LogP contribution in [-0.2, 0) is 0 Å². The first-order chi connectivity index (χ1) is 14.2. The van der Waals surface area contributed by atoms with Crippen LogP contribution in [0.3, 0.4) is 0 Å². The highest BCUT2D eigenvalue weighted by molar-refractivity contribution is 5.95. The summed E-state index contributed by atoms with van der Waals surface area (Å²) in [6, 6.07) is 9.60. The maximum atomic E-state index is 13.4. The predicted octanol–water partition coefficient (Wildman–Crippen LogP) is 2.50. The Hall–Kier alpha value is -3.42. The van der Waals surface area contributed by atoms with E-state index in [-0.39, 0.29) is 5.91 Å². The van der Waals surface area contributed by atoms with Crippen molar-refractivity contribution >= 4 is 22.6 Å². The minimum absolute atomic E-state index is 0.156. The number of ether oxygens (including phenoxy) is 2. The molecule has 0 N–H and O–H groups in total. The summed E-state index contributed by atoms with van der Waals surface area (Å²) in [6.07, 6.45) is 1.54. The number of hydrogen-bond acceptors (Lipinski definition) is 6. The molecule has 3 aromatic rings. The molecule has 0 spiro atoms. The molecule has 0 radical (unpaired) electrons. The van der Waals surface area contributed by atoms with Gasteiger partial charge in [0, 0.05) is 43.2 Å². The maximum absolute atomic E-state index is 13.4. The molecule has 148 valence electrons. The summed E-state index contributed by atoms with van der Waals surface area (Å²) in [5, 5.41) is 0.890. The molecule has 7 nitrogen and oxygen atoms in total. The second-order valence-corrected chi connectivity index (χ2v) is 7.00. The number of carbonyl (C=O) groups excluding carboxylic acids is 1. The Kier molecular flexibility index (Phi) is 4.38. The number of nitrogens with zero attached hydrogens (tertiary/aromatic N) is 4. The number of rotatable bonds is 2. The number of hydrogen-bond donors (Lipinski definition) is 0. The number of benzene rings is 2. The fourth-order valence-corrected chi connectivity index (χ4v) is 3.76. The van der Waals surface area contributed by atoms with Gasteiger partial charge in [-0.05, 0) is 24.3 Å². The molecule has 2 aromatic carbocycles. The molecule has 3 heterocycles. The van der Waals surface area contributed by atoms with Crippen molar-refractivity contribution in [1.29, 1.82) is 0 Å². The lowest BCUT2D eigenvalue weighted by molar-refractivity contribution is 0.0746. The molecule has 5 rings (SSSR count). The van der Waals surface area contributed by atoms with E-state index in [9.17, 15) is 9.18 Å². The normalized spacial score (nSPS) is 16.2. The van der Waals surface area contributed by atoms with E-state index in [2.05, 4.69) is 14.9 Å². The Morgan fingerprint density at radius 3 is 2.48 bits per heavy atom. The SMILES string of the molecule is O=C(c1cccc(F)c1)N1CCN(c2ncnc3cc4c(cc23)OCCO4)CC1. The molecule has 1 amide bonds. The van der Waals surface area contributed by atoms with Crippen LogP contribution in [0.1, 0.15) is 10.4 Å². The fraction of sp³-hybridized carbons (Fsp3) is 0.286. The number of fused-ring (bicyclic) bond motifs is 2. The molecule has 0 aliphatic carbocycles. The molecule has 0 bridgehead atoms. The van der Waals surface area contributed by atoms with Crippen LogP contribution >= 0.6 is 0 Å². The molecule has 1 fully saturated rings. The number of aromatic nitrogens is 2. The lowest BCUT2D eigenvalue weighted by atomic mass is 10.1. The van der Waals surface area contributed by atoms with E-state index in [1.165, 1.54) is 18.5 Å². The zero-order valence-electron chi connectivity index (χ0n) is 15.7. The van der Waals surface area contributed by atoms with Gasteiger partial charge in [-0.15, -0.1) is 0 Å². The number of amides is 1. The summed E-state index contributed by atoms with van der Waals surface area (Å²) in [5.41, 5.74) is 1.16. The number of carbonyl (C=O) groups is 1. The molecule has 0 saturated carbocycles. The van der Waals surface area contributed by atoms with Gasteiger partial charge in [-0.3, -0.25) is 4.79 Å². The quantitative estimate of drug-likeness (QED) is 0.665. The van der Waals surface area contributed by atoms with E-state index in [0.29, 0.717) is 56.5 Å². The van der Waals surface area contributed by atoms with E-state index < -0.39 is 5.82 Å². The smallest absolute Gasteiger partial charge is 0.254 e. The van der Waals surface area contributed by atoms with Crippen molar-refractivity contribution in [3.63, 3.8) is 0 Å². The van der Waals surface area contributed by atoms with Crippen molar-refractivity contribution in [2.45, 2.75) is 0 Å². The average molecular weight is 394 g/mol. The van der Waals surface area contributed by atoms with Gasteiger partial charge < -0.3 is 19.3 Å². The summed E-state index contributed by atoms with van der Waals surface area (Å²) in [7, 11) is 0. The molecule has 2 aliphatic heterocycles. The topological polar surface area (TPSA) is 67.8 Å². The van der Waals surface area contributed by atoms with E-state index in [4.69, 9.17) is 9.47 Å². The Bertz CT molecular complexity index is 1080. The van der Waals surface area contributed by atoms with E-state index in [0.717, 1.165) is 16.7 Å². The van der Waals surface area contributed by atoms with Crippen LogP contribution in [-0.4, -0.2) is 60.2 Å². The highest BCUT2D eigenvalue weighted by Crippen LogP contribution is 2.36. The summed E-state index contributed by atoms with van der Waals surface area (Å²) < 4.78 is 24.8. The van der Waals surface area contributed by atoms with Gasteiger partial charge in [-0.1, -0.05) is 6.07 Å². The van der Waals surface area contributed by atoms with E-state index in [1.807, 2.05) is 12.1 Å². The van der Waals surface area contributed by atoms with Crippen molar-refractivity contribution in [2.24, 2.45) is 0 Å². The van der Waals surface area contributed by atoms with Gasteiger partial charge in [0.15, 0.2) is 11.5 Å². The first kappa shape index (κ1) is 17.7. The van der Waals surface area contributed by atoms with Crippen LogP contribution in [0.2, 0.25) is 0 Å². The number of halogens is 1. The lowest BCUT2D eigenvalue weighted by Crippen LogP contribution is -2.49. The largest absolute Gasteiger partial charge is 0.486 e. The Balaban J connectivity index is 1.37. The summed E-state index contributed by atoms with van der Waals surface area (Å²) in [6.45, 7) is 3.36. The minimum atomic E-state index is -0.406. The van der Waals surface area contributed by atoms with Gasteiger partial charge in [0.05, 0.1) is 5.52 Å². The second kappa shape index (κ2) is 7.20. The summed E-state index contributed by atoms with van der Waals surface area (Å²) in [4.78, 5) is 25.4. The van der Waals surface area contributed by atoms with Crippen LogP contribution in [0, 0.1) is 5.82 Å². The summed E-state index contributed by atoms with van der Waals surface area (Å²) in [5.74, 6) is 1.64. The van der Waals surface area contributed by atoms with Crippen molar-refractivity contribution in [3.05, 3.63) is 54.1 Å². The first-order valence-corrected chi connectivity index (χ1v) is 9.53. The van der Waals surface area contributed by atoms with Crippen molar-refractivity contribution in [2.75, 3.05) is 44.3 Å². The first-order valence-electron chi connectivity index (χ1n) is 9.53. The zero-order chi connectivity index (χ0) is 19.8. The molecule has 0 atom stereocenters. The molecular weight excluding hydrogens is 375 g/mol. The highest BCUT2D eigenvalue weighted by Gasteiger charge is 2.25. The number of anilines is 1. The van der Waals surface area contributed by atoms with Crippen molar-refractivity contribution in [3.8, 4) is 11.5 Å². The third-order valence-corrected chi connectivity index (χ3v) is 5.22. The molecule has 8 heteroatoms. The van der Waals surface area contributed by atoms with Crippen molar-refractivity contribution < 1.29 is 18.7 Å². The monoisotopic (exact) mass is 394 g/mol. The van der Waals surface area contributed by atoms with Gasteiger partial charge in [-0.25, -0.2) is 14.4 Å². The zero-order valence-corrected chi connectivity index (χ0v) is 15.7. The Morgan fingerprint density at radius 2 is 1.72 bits per heavy atom. The van der Waals surface area contributed by atoms with Crippen LogP contribution in [0.4, 0.5) is 10.2 Å². The standard InChI is InChI=1S/C21H19FN4O3/c22-15-3-1-2-14(10-15)21(27)26-6-4-25(5-7-26)20-16-11-18-19(29-9-8-28-18)12-17(16)23-13-24-20/h1-3,10-13H,4-9H2. The average Bonchev–Trinajstić information content (AvgIpc) is 2.77. The third-order valence-electron chi connectivity index (χ3n) is 5.22. The van der Waals surface area contributed by atoms with Crippen molar-refractivity contribution in [1.82, 2.24) is 14.9 Å². The van der Waals surface area contributed by atoms with Crippen LogP contribution in [0.15, 0.2) is 42.7 Å². The minimum Gasteiger partial charge on any atom is -0.486 e. The molecule has 29 heavy (non-hydrogen) atoms.